The molecule has 0 bridgehead atoms. The number of fused-ring (bicyclic) bond motifs is 3. The summed E-state index contributed by atoms with van der Waals surface area (Å²) in [6.07, 6.45) is 13.6. The van der Waals surface area contributed by atoms with Crippen LogP contribution in [0.15, 0.2) is 75.7 Å². The summed E-state index contributed by atoms with van der Waals surface area (Å²) < 4.78 is 20.3. The third kappa shape index (κ3) is 5.10. The number of aryl methyl sites for hydroxylation is 1. The van der Waals surface area contributed by atoms with Crippen molar-refractivity contribution in [2.75, 3.05) is 25.3 Å². The summed E-state index contributed by atoms with van der Waals surface area (Å²) in [5, 5.41) is 2.51. The van der Waals surface area contributed by atoms with E-state index >= 15 is 0 Å². The summed E-state index contributed by atoms with van der Waals surface area (Å²) in [5.74, 6) is 2.58. The first-order valence-corrected chi connectivity index (χ1v) is 15.2. The van der Waals surface area contributed by atoms with Gasteiger partial charge in [-0.1, -0.05) is 55.2 Å². The Bertz CT molecular complexity index is 1560. The average Bonchev–Trinajstić information content (AvgIpc) is 3.59. The van der Waals surface area contributed by atoms with Crippen LogP contribution >= 0.6 is 23.1 Å². The van der Waals surface area contributed by atoms with Gasteiger partial charge in [0.05, 0.1) is 17.8 Å². The number of benzene rings is 2. The van der Waals surface area contributed by atoms with Crippen molar-refractivity contribution in [2.24, 2.45) is 5.41 Å². The van der Waals surface area contributed by atoms with E-state index in [1.54, 1.807) is 18.9 Å². The van der Waals surface area contributed by atoms with Gasteiger partial charge in [0.15, 0.2) is 11.5 Å². The largest absolute Gasteiger partial charge is 0.497 e. The normalized spacial score (nSPS) is 19.9. The molecule has 3 aromatic rings. The maximum atomic E-state index is 5.62. The van der Waals surface area contributed by atoms with E-state index in [1.165, 1.54) is 42.0 Å². The predicted octanol–water partition coefficient (Wildman–Crippen LogP) is 8.11. The molecule has 0 saturated carbocycles. The van der Waals surface area contributed by atoms with Crippen LogP contribution in [0.1, 0.15) is 45.5 Å². The minimum absolute atomic E-state index is 0.207. The smallest absolute Gasteiger partial charge is 0.263 e. The molecule has 0 fully saturated rings. The predicted molar refractivity (Wildman–Crippen MR) is 162 cm³/mol. The van der Waals surface area contributed by atoms with Gasteiger partial charge in [-0.25, -0.2) is 0 Å². The molecule has 0 atom stereocenters. The fourth-order valence-corrected chi connectivity index (χ4v) is 8.09. The second-order valence-corrected chi connectivity index (χ2v) is 13.0. The molecule has 39 heavy (non-hydrogen) atoms. The number of allylic oxidation sites excluding steroid dienone is 6. The Labute approximate surface area is 239 Å². The first-order valence-electron chi connectivity index (χ1n) is 13.6. The van der Waals surface area contributed by atoms with Crippen molar-refractivity contribution in [1.29, 1.82) is 0 Å². The fraction of sp³-hybridized carbons (Fsp3) is 0.344. The Kier molecular flexibility index (Phi) is 6.98. The highest BCUT2D eigenvalue weighted by atomic mass is 32.2. The maximum Gasteiger partial charge on any atom is 0.263 e. The van der Waals surface area contributed by atoms with Gasteiger partial charge in [-0.15, -0.1) is 0 Å². The molecule has 0 N–H and O–H groups in total. The van der Waals surface area contributed by atoms with Gasteiger partial charge in [0.2, 0.25) is 12.3 Å². The summed E-state index contributed by atoms with van der Waals surface area (Å²) in [7, 11) is 1.73. The van der Waals surface area contributed by atoms with E-state index in [0.717, 1.165) is 43.2 Å². The molecule has 1 aromatic heterocycles. The molecule has 0 radical (unpaired) electrons. The molecule has 0 unspecified atom stereocenters. The van der Waals surface area contributed by atoms with Crippen molar-refractivity contribution in [1.82, 2.24) is 0 Å². The van der Waals surface area contributed by atoms with E-state index in [9.17, 15) is 0 Å². The van der Waals surface area contributed by atoms with Crippen LogP contribution in [0.5, 0.6) is 17.2 Å². The molecule has 0 amide bonds. The second-order valence-electron chi connectivity index (χ2n) is 10.9. The van der Waals surface area contributed by atoms with Crippen molar-refractivity contribution >= 4 is 45.1 Å². The van der Waals surface area contributed by atoms with Crippen molar-refractivity contribution in [3.8, 4) is 17.2 Å². The minimum atomic E-state index is 0.207. The van der Waals surface area contributed by atoms with Gasteiger partial charge in [0.1, 0.15) is 17.0 Å². The zero-order chi connectivity index (χ0) is 27.1. The molecular formula is C32H35N2O3S2+. The summed E-state index contributed by atoms with van der Waals surface area (Å²) >= 11 is 3.63. The SMILES string of the molecule is CCN1C(=CC=CC2=C/C(=C/c3sc4cc(OC)ccc4[n+]3CC)CC(C)(C)C2)Sc2cc3c(cc21)OCO3. The van der Waals surface area contributed by atoms with Gasteiger partial charge in [0, 0.05) is 41.8 Å². The van der Waals surface area contributed by atoms with E-state index < -0.39 is 0 Å². The van der Waals surface area contributed by atoms with Crippen LogP contribution in [0.2, 0.25) is 0 Å². The van der Waals surface area contributed by atoms with Crippen molar-refractivity contribution < 1.29 is 18.8 Å². The minimum Gasteiger partial charge on any atom is -0.497 e. The van der Waals surface area contributed by atoms with Crippen LogP contribution in [-0.2, 0) is 6.54 Å². The molecule has 0 saturated heterocycles. The summed E-state index contributed by atoms with van der Waals surface area (Å²) in [6, 6.07) is 10.6. The number of ether oxygens (including phenoxy) is 3. The number of thioether (sulfide) groups is 1. The molecule has 1 aliphatic carbocycles. The molecule has 5 nitrogen and oxygen atoms in total. The van der Waals surface area contributed by atoms with Gasteiger partial charge in [-0.3, -0.25) is 0 Å². The second kappa shape index (κ2) is 10.4. The van der Waals surface area contributed by atoms with Crippen molar-refractivity contribution in [3.63, 3.8) is 0 Å². The lowest BCUT2D eigenvalue weighted by molar-refractivity contribution is -0.665. The van der Waals surface area contributed by atoms with Gasteiger partial charge in [0.25, 0.3) is 5.01 Å². The molecule has 0 spiro atoms. The fourth-order valence-electron chi connectivity index (χ4n) is 5.71. The maximum absolute atomic E-state index is 5.62. The Morgan fingerprint density at radius 2 is 1.92 bits per heavy atom. The van der Waals surface area contributed by atoms with Crippen LogP contribution in [0.3, 0.4) is 0 Å². The number of hydrogen-bond acceptors (Lipinski definition) is 6. The van der Waals surface area contributed by atoms with E-state index in [-0.39, 0.29) is 5.41 Å². The van der Waals surface area contributed by atoms with Crippen molar-refractivity contribution in [3.05, 3.63) is 75.8 Å². The number of rotatable bonds is 6. The van der Waals surface area contributed by atoms with Crippen LogP contribution in [-0.4, -0.2) is 20.4 Å². The molecule has 6 rings (SSSR count). The van der Waals surface area contributed by atoms with E-state index in [2.05, 4.69) is 91.8 Å². The third-order valence-corrected chi connectivity index (χ3v) is 9.60. The van der Waals surface area contributed by atoms with Crippen LogP contribution in [0, 0.1) is 5.41 Å². The highest BCUT2D eigenvalue weighted by Gasteiger charge is 2.29. The molecule has 3 aliphatic rings. The molecule has 7 heteroatoms. The average molecular weight is 560 g/mol. The highest BCUT2D eigenvalue weighted by Crippen LogP contribution is 2.51. The summed E-state index contributed by atoms with van der Waals surface area (Å²) in [4.78, 5) is 3.56. The Balaban J connectivity index is 1.28. The monoisotopic (exact) mass is 559 g/mol. The van der Waals surface area contributed by atoms with E-state index in [1.807, 2.05) is 17.4 Å². The number of thiazole rings is 1. The first-order chi connectivity index (χ1) is 18.9. The van der Waals surface area contributed by atoms with Gasteiger partial charge in [-0.05, 0) is 55.4 Å². The van der Waals surface area contributed by atoms with Crippen molar-refractivity contribution in [2.45, 2.75) is 52.0 Å². The zero-order valence-electron chi connectivity index (χ0n) is 23.2. The Hall–Kier alpha value is -3.16. The lowest BCUT2D eigenvalue weighted by atomic mass is 9.75. The lowest BCUT2D eigenvalue weighted by Gasteiger charge is -2.30. The quantitative estimate of drug-likeness (QED) is 0.285. The van der Waals surface area contributed by atoms with E-state index in [4.69, 9.17) is 14.2 Å². The number of methoxy groups -OCH3 is 1. The standard InChI is InChI=1S/C32H35N2O3S2/c1-6-33-24-12-11-23(35-5)15-28(24)39-31(33)14-22-13-21(18-32(3,4)19-22)9-8-10-30-34(7-2)25-16-26-27(37-20-36-26)17-29(25)38-30/h8-17H,6-7,18-20H2,1-5H3/q+1. The molecular weight excluding hydrogens is 524 g/mol. The molecule has 2 aromatic carbocycles. The molecule has 3 heterocycles. The molecule has 202 valence electrons. The topological polar surface area (TPSA) is 34.8 Å². The number of aromatic nitrogens is 1. The lowest BCUT2D eigenvalue weighted by Crippen LogP contribution is -2.33. The van der Waals surface area contributed by atoms with E-state index in [0.29, 0.717) is 6.79 Å². The Morgan fingerprint density at radius 1 is 1.10 bits per heavy atom. The van der Waals surface area contributed by atoms with Gasteiger partial charge < -0.3 is 19.1 Å². The zero-order valence-corrected chi connectivity index (χ0v) is 24.9. The van der Waals surface area contributed by atoms with Crippen LogP contribution < -0.4 is 23.7 Å². The highest BCUT2D eigenvalue weighted by molar-refractivity contribution is 8.03. The summed E-state index contributed by atoms with van der Waals surface area (Å²) in [6.45, 7) is 11.3. The third-order valence-electron chi connectivity index (χ3n) is 7.39. The van der Waals surface area contributed by atoms with Gasteiger partial charge >= 0.3 is 0 Å². The van der Waals surface area contributed by atoms with Crippen LogP contribution in [0.25, 0.3) is 16.3 Å². The van der Waals surface area contributed by atoms with Crippen LogP contribution in [0.4, 0.5) is 5.69 Å². The van der Waals surface area contributed by atoms with Gasteiger partial charge in [-0.2, -0.15) is 4.57 Å². The number of hydrogen-bond donors (Lipinski definition) is 0. The first kappa shape index (κ1) is 26.1. The Morgan fingerprint density at radius 3 is 2.69 bits per heavy atom. The number of nitrogens with zero attached hydrogens (tertiary/aromatic N) is 2. The molecule has 2 aliphatic heterocycles. The number of anilines is 1. The summed E-state index contributed by atoms with van der Waals surface area (Å²) in [5.41, 5.74) is 5.41.